The lowest BCUT2D eigenvalue weighted by atomic mass is 10.0. The lowest BCUT2D eigenvalue weighted by Crippen LogP contribution is -2.39. The van der Waals surface area contributed by atoms with Gasteiger partial charge in [0, 0.05) is 18.3 Å². The van der Waals surface area contributed by atoms with E-state index in [4.69, 9.17) is 5.11 Å². The van der Waals surface area contributed by atoms with Crippen LogP contribution in [0.5, 0.6) is 0 Å². The van der Waals surface area contributed by atoms with Crippen molar-refractivity contribution in [2.24, 2.45) is 0 Å². The first-order valence-corrected chi connectivity index (χ1v) is 6.35. The summed E-state index contributed by atoms with van der Waals surface area (Å²) in [6.45, 7) is 4.04. The van der Waals surface area contributed by atoms with Gasteiger partial charge in [-0.15, -0.1) is 0 Å². The van der Waals surface area contributed by atoms with Gasteiger partial charge in [0.05, 0.1) is 5.56 Å². The third-order valence-electron chi connectivity index (χ3n) is 3.45. The van der Waals surface area contributed by atoms with Crippen LogP contribution < -0.4 is 5.32 Å². The van der Waals surface area contributed by atoms with Gasteiger partial charge in [0.25, 0.3) is 0 Å². The Balaban J connectivity index is 2.05. The van der Waals surface area contributed by atoms with Crippen molar-refractivity contribution in [1.82, 2.24) is 4.90 Å². The number of anilines is 1. The van der Waals surface area contributed by atoms with Gasteiger partial charge in [-0.25, -0.2) is 4.79 Å². The summed E-state index contributed by atoms with van der Waals surface area (Å²) in [4.78, 5) is 13.3. The van der Waals surface area contributed by atoms with Gasteiger partial charge in [0.1, 0.15) is 0 Å². The van der Waals surface area contributed by atoms with Crippen LogP contribution in [-0.4, -0.2) is 42.2 Å². The second kappa shape index (κ2) is 5.40. The summed E-state index contributed by atoms with van der Waals surface area (Å²) in [7, 11) is 2.13. The molecule has 1 saturated heterocycles. The zero-order valence-electron chi connectivity index (χ0n) is 10.9. The quantitative estimate of drug-likeness (QED) is 0.861. The Morgan fingerprint density at radius 1 is 1.50 bits per heavy atom. The van der Waals surface area contributed by atoms with Crippen molar-refractivity contribution >= 4 is 11.7 Å². The number of hydrogen-bond acceptors (Lipinski definition) is 3. The largest absolute Gasteiger partial charge is 0.478 e. The Kier molecular flexibility index (Phi) is 3.87. The molecule has 4 heteroatoms. The van der Waals surface area contributed by atoms with E-state index in [1.54, 1.807) is 6.07 Å². The van der Waals surface area contributed by atoms with E-state index in [1.807, 2.05) is 19.1 Å². The van der Waals surface area contributed by atoms with E-state index in [1.165, 1.54) is 12.8 Å². The molecule has 0 aliphatic carbocycles. The van der Waals surface area contributed by atoms with Gasteiger partial charge in [0.2, 0.25) is 0 Å². The number of piperidine rings is 1. The monoisotopic (exact) mass is 248 g/mol. The molecule has 1 fully saturated rings. The van der Waals surface area contributed by atoms with Crippen molar-refractivity contribution in [1.29, 1.82) is 0 Å². The topological polar surface area (TPSA) is 52.6 Å². The molecular formula is C14H20N2O2. The first kappa shape index (κ1) is 12.9. The van der Waals surface area contributed by atoms with Crippen LogP contribution in [0, 0.1) is 6.92 Å². The van der Waals surface area contributed by atoms with Crippen molar-refractivity contribution < 1.29 is 9.90 Å². The van der Waals surface area contributed by atoms with Crippen LogP contribution >= 0.6 is 0 Å². The van der Waals surface area contributed by atoms with Gasteiger partial charge in [-0.05, 0) is 57.1 Å². The number of nitrogens with one attached hydrogen (secondary N) is 1. The predicted octanol–water partition coefficient (Wildman–Crippen LogP) is 2.20. The number of carboxylic acids is 1. The highest BCUT2D eigenvalue weighted by Gasteiger charge is 2.17. The lowest BCUT2D eigenvalue weighted by molar-refractivity contribution is 0.0696. The fourth-order valence-corrected chi connectivity index (χ4v) is 2.51. The summed E-state index contributed by atoms with van der Waals surface area (Å²) in [5.41, 5.74) is 2.19. The molecule has 0 amide bonds. The molecule has 1 unspecified atom stereocenters. The van der Waals surface area contributed by atoms with Crippen LogP contribution in [0.15, 0.2) is 18.2 Å². The third-order valence-corrected chi connectivity index (χ3v) is 3.45. The third kappa shape index (κ3) is 3.01. The average molecular weight is 248 g/mol. The molecule has 1 aromatic rings. The average Bonchev–Trinajstić information content (AvgIpc) is 2.28. The molecule has 2 N–H and O–H groups in total. The first-order chi connectivity index (χ1) is 8.56. The number of benzene rings is 1. The molecule has 98 valence electrons. The maximum atomic E-state index is 10.9. The Morgan fingerprint density at radius 3 is 2.89 bits per heavy atom. The van der Waals surface area contributed by atoms with E-state index in [0.717, 1.165) is 24.3 Å². The zero-order chi connectivity index (χ0) is 13.1. The predicted molar refractivity (Wildman–Crippen MR) is 72.3 cm³/mol. The standard InChI is InChI=1S/C14H20N2O2/c1-10-8-11(5-6-13(10)14(17)18)15-12-4-3-7-16(2)9-12/h5-6,8,12,15H,3-4,7,9H2,1-2H3,(H,17,18). The van der Waals surface area contributed by atoms with E-state index in [-0.39, 0.29) is 0 Å². The fraction of sp³-hybridized carbons (Fsp3) is 0.500. The van der Waals surface area contributed by atoms with E-state index in [0.29, 0.717) is 11.6 Å². The maximum Gasteiger partial charge on any atom is 0.335 e. The molecule has 0 aromatic heterocycles. The van der Waals surface area contributed by atoms with Crippen molar-refractivity contribution in [3.05, 3.63) is 29.3 Å². The van der Waals surface area contributed by atoms with Gasteiger partial charge in [-0.1, -0.05) is 0 Å². The summed E-state index contributed by atoms with van der Waals surface area (Å²) in [5, 5.41) is 12.5. The van der Waals surface area contributed by atoms with Crippen LogP contribution in [0.25, 0.3) is 0 Å². The summed E-state index contributed by atoms with van der Waals surface area (Å²) in [6, 6.07) is 5.90. The molecular weight excluding hydrogens is 228 g/mol. The Hall–Kier alpha value is -1.55. The number of nitrogens with zero attached hydrogens (tertiary/aromatic N) is 1. The molecule has 0 saturated carbocycles. The van der Waals surface area contributed by atoms with E-state index in [2.05, 4.69) is 17.3 Å². The van der Waals surface area contributed by atoms with Crippen molar-refractivity contribution in [3.8, 4) is 0 Å². The highest BCUT2D eigenvalue weighted by atomic mass is 16.4. The lowest BCUT2D eigenvalue weighted by Gasteiger charge is -2.31. The number of aryl methyl sites for hydroxylation is 1. The molecule has 0 bridgehead atoms. The number of carbonyl (C=O) groups is 1. The van der Waals surface area contributed by atoms with Crippen molar-refractivity contribution in [2.75, 3.05) is 25.5 Å². The molecule has 1 aromatic carbocycles. The minimum atomic E-state index is -0.864. The summed E-state index contributed by atoms with van der Waals surface area (Å²) >= 11 is 0. The molecule has 1 heterocycles. The molecule has 1 atom stereocenters. The highest BCUT2D eigenvalue weighted by molar-refractivity contribution is 5.89. The van der Waals surface area contributed by atoms with E-state index >= 15 is 0 Å². The SMILES string of the molecule is Cc1cc(NC2CCCN(C)C2)ccc1C(=O)O. The summed E-state index contributed by atoms with van der Waals surface area (Å²) in [6.07, 6.45) is 2.38. The Bertz CT molecular complexity index is 445. The molecule has 0 radical (unpaired) electrons. The number of rotatable bonds is 3. The van der Waals surface area contributed by atoms with Gasteiger partial charge in [-0.3, -0.25) is 0 Å². The smallest absolute Gasteiger partial charge is 0.335 e. The highest BCUT2D eigenvalue weighted by Crippen LogP contribution is 2.19. The fourth-order valence-electron chi connectivity index (χ4n) is 2.51. The van der Waals surface area contributed by atoms with E-state index < -0.39 is 5.97 Å². The maximum absolute atomic E-state index is 10.9. The number of carboxylic acid groups (broad SMARTS) is 1. The summed E-state index contributed by atoms with van der Waals surface area (Å²) in [5.74, 6) is -0.864. The van der Waals surface area contributed by atoms with Crippen LogP contribution in [0.1, 0.15) is 28.8 Å². The van der Waals surface area contributed by atoms with Crippen LogP contribution in [0.4, 0.5) is 5.69 Å². The Labute approximate surface area is 108 Å². The summed E-state index contributed by atoms with van der Waals surface area (Å²) < 4.78 is 0. The van der Waals surface area contributed by atoms with Gasteiger partial charge in [0.15, 0.2) is 0 Å². The molecule has 1 aliphatic rings. The normalized spacial score (nSPS) is 20.7. The molecule has 1 aliphatic heterocycles. The van der Waals surface area contributed by atoms with Crippen LogP contribution in [0.3, 0.4) is 0 Å². The van der Waals surface area contributed by atoms with Gasteiger partial charge in [-0.2, -0.15) is 0 Å². The number of likely N-dealkylation sites (tertiary alicyclic amines) is 1. The zero-order valence-corrected chi connectivity index (χ0v) is 10.9. The minimum Gasteiger partial charge on any atom is -0.478 e. The molecule has 0 spiro atoms. The van der Waals surface area contributed by atoms with Gasteiger partial charge >= 0.3 is 5.97 Å². The van der Waals surface area contributed by atoms with Crippen LogP contribution in [-0.2, 0) is 0 Å². The number of aromatic carboxylic acids is 1. The Morgan fingerprint density at radius 2 is 2.28 bits per heavy atom. The number of hydrogen-bond donors (Lipinski definition) is 2. The second-order valence-corrected chi connectivity index (χ2v) is 5.08. The molecule has 4 nitrogen and oxygen atoms in total. The van der Waals surface area contributed by atoms with Gasteiger partial charge < -0.3 is 15.3 Å². The first-order valence-electron chi connectivity index (χ1n) is 6.35. The second-order valence-electron chi connectivity index (χ2n) is 5.08. The molecule has 18 heavy (non-hydrogen) atoms. The minimum absolute atomic E-state index is 0.376. The van der Waals surface area contributed by atoms with E-state index in [9.17, 15) is 4.79 Å². The van der Waals surface area contributed by atoms with Crippen molar-refractivity contribution in [2.45, 2.75) is 25.8 Å². The molecule has 2 rings (SSSR count). The van der Waals surface area contributed by atoms with Crippen molar-refractivity contribution in [3.63, 3.8) is 0 Å². The van der Waals surface area contributed by atoms with Crippen LogP contribution in [0.2, 0.25) is 0 Å². The number of likely N-dealkylation sites (N-methyl/N-ethyl adjacent to an activating group) is 1.